The van der Waals surface area contributed by atoms with Crippen molar-refractivity contribution in [2.75, 3.05) is 13.1 Å². The van der Waals surface area contributed by atoms with Crippen LogP contribution in [-0.4, -0.2) is 37.0 Å². The van der Waals surface area contributed by atoms with Gasteiger partial charge >= 0.3 is 0 Å². The van der Waals surface area contributed by atoms with Gasteiger partial charge in [0.15, 0.2) is 0 Å². The van der Waals surface area contributed by atoms with E-state index in [0.29, 0.717) is 0 Å². The SMILES string of the molecule is O=C(N[C@H](c1ccccc1)[C@H](NC(=O)[C@H]1CCCN1)c1ccccc1)[C@H]1CCCN1. The Morgan fingerprint density at radius 3 is 1.43 bits per heavy atom. The van der Waals surface area contributed by atoms with Crippen LogP contribution in [0.1, 0.15) is 48.9 Å². The second-order valence-electron chi connectivity index (χ2n) is 8.09. The van der Waals surface area contributed by atoms with Gasteiger partial charge in [-0.3, -0.25) is 9.59 Å². The predicted molar refractivity (Wildman–Crippen MR) is 117 cm³/mol. The molecule has 2 aliphatic rings. The molecule has 0 radical (unpaired) electrons. The first-order chi connectivity index (χ1) is 14.7. The molecule has 2 fully saturated rings. The summed E-state index contributed by atoms with van der Waals surface area (Å²) in [6.07, 6.45) is 3.67. The Balaban J connectivity index is 1.64. The van der Waals surface area contributed by atoms with E-state index in [-0.39, 0.29) is 36.0 Å². The topological polar surface area (TPSA) is 82.3 Å². The third kappa shape index (κ3) is 4.89. The van der Waals surface area contributed by atoms with Crippen molar-refractivity contribution in [3.05, 3.63) is 71.8 Å². The number of hydrogen-bond acceptors (Lipinski definition) is 4. The van der Waals surface area contributed by atoms with Crippen molar-refractivity contribution in [3.63, 3.8) is 0 Å². The monoisotopic (exact) mass is 406 g/mol. The molecule has 158 valence electrons. The van der Waals surface area contributed by atoms with Crippen LogP contribution in [0.3, 0.4) is 0 Å². The van der Waals surface area contributed by atoms with Crippen LogP contribution in [0, 0.1) is 0 Å². The number of benzene rings is 2. The number of rotatable bonds is 7. The highest BCUT2D eigenvalue weighted by Gasteiger charge is 2.33. The van der Waals surface area contributed by atoms with E-state index in [1.54, 1.807) is 0 Å². The highest BCUT2D eigenvalue weighted by molar-refractivity contribution is 5.84. The fourth-order valence-electron chi connectivity index (χ4n) is 4.36. The van der Waals surface area contributed by atoms with Crippen LogP contribution in [0.15, 0.2) is 60.7 Å². The van der Waals surface area contributed by atoms with Crippen LogP contribution in [0.2, 0.25) is 0 Å². The zero-order valence-electron chi connectivity index (χ0n) is 17.1. The molecule has 2 aliphatic heterocycles. The molecule has 0 bridgehead atoms. The Bertz CT molecular complexity index is 759. The Kier molecular flexibility index (Phi) is 6.77. The summed E-state index contributed by atoms with van der Waals surface area (Å²) in [5.74, 6) is -0.0361. The standard InChI is InChI=1S/C24H30N4O2/c29-23(19-13-7-15-25-19)27-21(17-9-3-1-4-10-17)22(18-11-5-2-6-12-18)28-24(30)20-14-8-16-26-20/h1-6,9-12,19-22,25-26H,7-8,13-16H2,(H,27,29)(H,28,30)/t19-,20-,21-,22-/m1/s1. The molecule has 30 heavy (non-hydrogen) atoms. The zero-order chi connectivity index (χ0) is 20.8. The summed E-state index contributed by atoms with van der Waals surface area (Å²) in [5, 5.41) is 13.0. The van der Waals surface area contributed by atoms with Gasteiger partial charge in [0.2, 0.25) is 11.8 Å². The summed E-state index contributed by atoms with van der Waals surface area (Å²) in [6, 6.07) is 18.7. The molecule has 4 rings (SSSR count). The summed E-state index contributed by atoms with van der Waals surface area (Å²) in [6.45, 7) is 1.72. The molecule has 0 spiro atoms. The third-order valence-electron chi connectivity index (χ3n) is 6.00. The number of nitrogens with one attached hydrogen (secondary N) is 4. The highest BCUT2D eigenvalue weighted by atomic mass is 16.2. The number of hydrogen-bond donors (Lipinski definition) is 4. The Morgan fingerprint density at radius 2 is 1.10 bits per heavy atom. The lowest BCUT2D eigenvalue weighted by molar-refractivity contribution is -0.126. The molecule has 0 aliphatic carbocycles. The first-order valence-electron chi connectivity index (χ1n) is 10.9. The minimum Gasteiger partial charge on any atom is -0.345 e. The summed E-state index contributed by atoms with van der Waals surface area (Å²) < 4.78 is 0. The van der Waals surface area contributed by atoms with Crippen LogP contribution in [0.5, 0.6) is 0 Å². The largest absolute Gasteiger partial charge is 0.345 e. The smallest absolute Gasteiger partial charge is 0.237 e. The van der Waals surface area contributed by atoms with Gasteiger partial charge in [-0.1, -0.05) is 60.7 Å². The normalized spacial score (nSPS) is 22.9. The van der Waals surface area contributed by atoms with Crippen molar-refractivity contribution < 1.29 is 9.59 Å². The van der Waals surface area contributed by atoms with Crippen molar-refractivity contribution in [1.82, 2.24) is 21.3 Å². The van der Waals surface area contributed by atoms with Gasteiger partial charge in [-0.2, -0.15) is 0 Å². The van der Waals surface area contributed by atoms with Crippen LogP contribution >= 0.6 is 0 Å². The lowest BCUT2D eigenvalue weighted by atomic mass is 9.92. The molecule has 0 aromatic heterocycles. The molecule has 4 N–H and O–H groups in total. The van der Waals surface area contributed by atoms with E-state index in [1.165, 1.54) is 0 Å². The first-order valence-corrected chi connectivity index (χ1v) is 10.9. The molecule has 4 atom stereocenters. The molecular weight excluding hydrogens is 376 g/mol. The molecular formula is C24H30N4O2. The summed E-state index contributed by atoms with van der Waals surface area (Å²) in [4.78, 5) is 26.0. The quantitative estimate of drug-likeness (QED) is 0.568. The summed E-state index contributed by atoms with van der Waals surface area (Å²) in [5.41, 5.74) is 1.94. The molecule has 2 amide bonds. The lowest BCUT2D eigenvalue weighted by Gasteiger charge is -2.31. The van der Waals surface area contributed by atoms with Crippen LogP contribution in [-0.2, 0) is 9.59 Å². The van der Waals surface area contributed by atoms with Gasteiger partial charge in [0, 0.05) is 0 Å². The first kappa shape index (κ1) is 20.6. The third-order valence-corrected chi connectivity index (χ3v) is 6.00. The summed E-state index contributed by atoms with van der Waals surface area (Å²) >= 11 is 0. The molecule has 6 nitrogen and oxygen atoms in total. The fraction of sp³-hybridized carbons (Fsp3) is 0.417. The van der Waals surface area contributed by atoms with Gasteiger partial charge in [-0.25, -0.2) is 0 Å². The van der Waals surface area contributed by atoms with E-state index < -0.39 is 0 Å². The van der Waals surface area contributed by atoms with E-state index >= 15 is 0 Å². The Morgan fingerprint density at radius 1 is 0.700 bits per heavy atom. The van der Waals surface area contributed by atoms with Crippen molar-refractivity contribution in [2.24, 2.45) is 0 Å². The molecule has 6 heteroatoms. The van der Waals surface area contributed by atoms with Crippen molar-refractivity contribution in [2.45, 2.75) is 49.9 Å². The number of carbonyl (C=O) groups is 2. The average Bonchev–Trinajstić information content (AvgIpc) is 3.52. The highest BCUT2D eigenvalue weighted by Crippen LogP contribution is 2.30. The maximum Gasteiger partial charge on any atom is 0.237 e. The molecule has 0 unspecified atom stereocenters. The van der Waals surface area contributed by atoms with E-state index in [1.807, 2.05) is 60.7 Å². The maximum atomic E-state index is 13.0. The number of carbonyl (C=O) groups excluding carboxylic acids is 2. The van der Waals surface area contributed by atoms with Gasteiger partial charge < -0.3 is 21.3 Å². The molecule has 0 saturated carbocycles. The van der Waals surface area contributed by atoms with Gasteiger partial charge in [-0.15, -0.1) is 0 Å². The Hall–Kier alpha value is -2.70. The van der Waals surface area contributed by atoms with Crippen molar-refractivity contribution in [3.8, 4) is 0 Å². The fourth-order valence-corrected chi connectivity index (χ4v) is 4.36. The van der Waals surface area contributed by atoms with Gasteiger partial charge in [0.05, 0.1) is 24.2 Å². The molecule has 2 heterocycles. The Labute approximate surface area is 177 Å². The zero-order valence-corrected chi connectivity index (χ0v) is 17.1. The van der Waals surface area contributed by atoms with Crippen LogP contribution in [0.25, 0.3) is 0 Å². The number of amides is 2. The van der Waals surface area contributed by atoms with Crippen LogP contribution < -0.4 is 21.3 Å². The van der Waals surface area contributed by atoms with Gasteiger partial charge in [0.25, 0.3) is 0 Å². The van der Waals surface area contributed by atoms with E-state index in [4.69, 9.17) is 0 Å². The van der Waals surface area contributed by atoms with Crippen molar-refractivity contribution >= 4 is 11.8 Å². The van der Waals surface area contributed by atoms with E-state index in [0.717, 1.165) is 49.9 Å². The lowest BCUT2D eigenvalue weighted by Crippen LogP contribution is -2.49. The van der Waals surface area contributed by atoms with Gasteiger partial charge in [-0.05, 0) is 49.9 Å². The predicted octanol–water partition coefficient (Wildman–Crippen LogP) is 2.21. The maximum absolute atomic E-state index is 13.0. The van der Waals surface area contributed by atoms with Crippen molar-refractivity contribution in [1.29, 1.82) is 0 Å². The van der Waals surface area contributed by atoms with E-state index in [9.17, 15) is 9.59 Å². The van der Waals surface area contributed by atoms with Crippen LogP contribution in [0.4, 0.5) is 0 Å². The average molecular weight is 407 g/mol. The van der Waals surface area contributed by atoms with Gasteiger partial charge in [0.1, 0.15) is 0 Å². The molecule has 2 saturated heterocycles. The molecule has 2 aromatic rings. The molecule has 2 aromatic carbocycles. The second-order valence-corrected chi connectivity index (χ2v) is 8.09. The minimum absolute atomic E-state index is 0.0180. The minimum atomic E-state index is -0.367. The van der Waals surface area contributed by atoms with E-state index in [2.05, 4.69) is 21.3 Å². The second kappa shape index (κ2) is 9.87. The summed E-state index contributed by atoms with van der Waals surface area (Å²) in [7, 11) is 0.